The number of aromatic amines is 1. The summed E-state index contributed by atoms with van der Waals surface area (Å²) in [5.41, 5.74) is 3.68. The molecule has 0 atom stereocenters. The maximum Gasteiger partial charge on any atom is 0.280 e. The first-order valence-electron chi connectivity index (χ1n) is 7.95. The summed E-state index contributed by atoms with van der Waals surface area (Å²) in [5.74, 6) is -0.355. The van der Waals surface area contributed by atoms with Crippen LogP contribution in [0, 0.1) is 0 Å². The Kier molecular flexibility index (Phi) is 4.29. The molecule has 4 rings (SSSR count). The molecular formula is C20H18N2O2. The molecule has 1 aromatic heterocycles. The Balaban J connectivity index is 0.000000815. The van der Waals surface area contributed by atoms with Crippen LogP contribution in [0.3, 0.4) is 0 Å². The Bertz CT molecular complexity index is 894. The molecule has 24 heavy (non-hydrogen) atoms. The number of amides is 1. The summed E-state index contributed by atoms with van der Waals surface area (Å²) < 4.78 is 0. The summed E-state index contributed by atoms with van der Waals surface area (Å²) in [5, 5.41) is 10.3. The van der Waals surface area contributed by atoms with Crippen molar-refractivity contribution >= 4 is 11.6 Å². The van der Waals surface area contributed by atoms with Crippen LogP contribution in [0.25, 0.3) is 11.3 Å². The van der Waals surface area contributed by atoms with Gasteiger partial charge >= 0.3 is 0 Å². The highest BCUT2D eigenvalue weighted by Gasteiger charge is 2.33. The van der Waals surface area contributed by atoms with Gasteiger partial charge in [0.2, 0.25) is 0 Å². The third-order valence-corrected chi connectivity index (χ3v) is 3.75. The lowest BCUT2D eigenvalue weighted by molar-refractivity contribution is 0.101. The lowest BCUT2D eigenvalue weighted by atomic mass is 10.0. The molecule has 3 aromatic rings. The average Bonchev–Trinajstić information content (AvgIpc) is 3.17. The molecule has 0 fully saturated rings. The minimum absolute atomic E-state index is 0.0256. The highest BCUT2D eigenvalue weighted by molar-refractivity contribution is 6.30. The van der Waals surface area contributed by atoms with Crippen LogP contribution >= 0.6 is 0 Å². The van der Waals surface area contributed by atoms with Gasteiger partial charge in [-0.25, -0.2) is 4.99 Å². The summed E-state index contributed by atoms with van der Waals surface area (Å²) in [6.45, 7) is 4.00. The minimum atomic E-state index is -0.329. The van der Waals surface area contributed by atoms with Crippen LogP contribution in [-0.4, -0.2) is 21.7 Å². The first kappa shape index (κ1) is 15.7. The van der Waals surface area contributed by atoms with Gasteiger partial charge in [-0.05, 0) is 5.56 Å². The third-order valence-electron chi connectivity index (χ3n) is 3.75. The predicted molar refractivity (Wildman–Crippen MR) is 95.7 cm³/mol. The fourth-order valence-electron chi connectivity index (χ4n) is 2.77. The van der Waals surface area contributed by atoms with E-state index in [2.05, 4.69) is 9.98 Å². The molecule has 4 heteroatoms. The average molecular weight is 318 g/mol. The lowest BCUT2D eigenvalue weighted by Gasteiger charge is -2.00. The van der Waals surface area contributed by atoms with Crippen molar-refractivity contribution in [2.75, 3.05) is 0 Å². The Morgan fingerprint density at radius 2 is 1.38 bits per heavy atom. The first-order chi connectivity index (χ1) is 11.8. The standard InChI is InChI=1S/C18H12N2O2.C2H6/c21-17-13-14(16(20-17)12-9-5-2-6-10-12)18(22)19-15(13)11-7-3-1-4-8-11;1-2/h1-10,19,22H;1-2H3. The van der Waals surface area contributed by atoms with E-state index in [-0.39, 0.29) is 11.8 Å². The smallest absolute Gasteiger partial charge is 0.280 e. The molecule has 0 saturated heterocycles. The summed E-state index contributed by atoms with van der Waals surface area (Å²) in [6, 6.07) is 18.8. The normalized spacial score (nSPS) is 12.2. The van der Waals surface area contributed by atoms with Gasteiger partial charge in [-0.2, -0.15) is 0 Å². The number of hydrogen-bond donors (Lipinski definition) is 2. The van der Waals surface area contributed by atoms with Crippen LogP contribution in [0.15, 0.2) is 65.7 Å². The molecule has 1 aliphatic rings. The largest absolute Gasteiger partial charge is 0.494 e. The fraction of sp³-hybridized carbons (Fsp3) is 0.100. The van der Waals surface area contributed by atoms with E-state index in [1.54, 1.807) is 0 Å². The van der Waals surface area contributed by atoms with E-state index in [0.29, 0.717) is 22.5 Å². The maximum atomic E-state index is 12.3. The summed E-state index contributed by atoms with van der Waals surface area (Å²) in [4.78, 5) is 19.4. The highest BCUT2D eigenvalue weighted by atomic mass is 16.3. The van der Waals surface area contributed by atoms with Gasteiger partial charge in [0, 0.05) is 5.56 Å². The number of hydrogen-bond acceptors (Lipinski definition) is 2. The second-order valence-corrected chi connectivity index (χ2v) is 5.10. The topological polar surface area (TPSA) is 65.4 Å². The van der Waals surface area contributed by atoms with E-state index in [9.17, 15) is 9.90 Å². The Labute approximate surface area is 140 Å². The third kappa shape index (κ3) is 2.52. The van der Waals surface area contributed by atoms with E-state index in [1.807, 2.05) is 74.5 Å². The van der Waals surface area contributed by atoms with Gasteiger partial charge in [-0.15, -0.1) is 0 Å². The molecule has 2 aromatic carbocycles. The molecule has 0 aliphatic carbocycles. The fourth-order valence-corrected chi connectivity index (χ4v) is 2.77. The van der Waals surface area contributed by atoms with Gasteiger partial charge in [-0.3, -0.25) is 4.79 Å². The van der Waals surface area contributed by atoms with Gasteiger partial charge in [0.1, 0.15) is 0 Å². The first-order valence-corrected chi connectivity index (χ1v) is 7.95. The number of carbonyl (C=O) groups excluding carboxylic acids is 1. The molecule has 0 spiro atoms. The highest BCUT2D eigenvalue weighted by Crippen LogP contribution is 2.37. The number of carbonyl (C=O) groups is 1. The maximum absolute atomic E-state index is 12.3. The molecule has 4 nitrogen and oxygen atoms in total. The quantitative estimate of drug-likeness (QED) is 0.735. The SMILES string of the molecule is CC.O=C1N=C(c2ccccc2)c2c(O)[nH]c(-c3ccccc3)c21. The zero-order chi connectivity index (χ0) is 17.1. The van der Waals surface area contributed by atoms with Crippen molar-refractivity contribution in [1.29, 1.82) is 0 Å². The Morgan fingerprint density at radius 1 is 0.833 bits per heavy atom. The van der Waals surface area contributed by atoms with Crippen LogP contribution in [-0.2, 0) is 0 Å². The zero-order valence-corrected chi connectivity index (χ0v) is 13.6. The number of nitrogens with one attached hydrogen (secondary N) is 1. The number of aromatic nitrogens is 1. The van der Waals surface area contributed by atoms with Crippen molar-refractivity contribution in [2.45, 2.75) is 13.8 Å². The molecule has 2 heterocycles. The van der Waals surface area contributed by atoms with E-state index >= 15 is 0 Å². The summed E-state index contributed by atoms with van der Waals surface area (Å²) in [7, 11) is 0. The molecule has 1 aliphatic heterocycles. The van der Waals surface area contributed by atoms with Crippen molar-refractivity contribution in [2.24, 2.45) is 4.99 Å². The second-order valence-electron chi connectivity index (χ2n) is 5.10. The van der Waals surface area contributed by atoms with Gasteiger partial charge in [-0.1, -0.05) is 74.5 Å². The van der Waals surface area contributed by atoms with E-state index in [1.165, 1.54) is 0 Å². The van der Waals surface area contributed by atoms with Crippen LogP contribution in [0.1, 0.15) is 35.3 Å². The number of H-pyrrole nitrogens is 1. The van der Waals surface area contributed by atoms with Gasteiger partial charge < -0.3 is 10.1 Å². The van der Waals surface area contributed by atoms with E-state index in [4.69, 9.17) is 0 Å². The van der Waals surface area contributed by atoms with Crippen LogP contribution in [0.4, 0.5) is 0 Å². The number of nitrogens with zero attached hydrogens (tertiary/aromatic N) is 1. The molecule has 0 saturated carbocycles. The summed E-state index contributed by atoms with van der Waals surface area (Å²) >= 11 is 0. The number of benzene rings is 2. The zero-order valence-electron chi connectivity index (χ0n) is 13.6. The molecule has 0 radical (unpaired) electrons. The molecule has 0 unspecified atom stereocenters. The van der Waals surface area contributed by atoms with Gasteiger partial charge in [0.05, 0.1) is 22.5 Å². The molecular weight excluding hydrogens is 300 g/mol. The van der Waals surface area contributed by atoms with Crippen LogP contribution in [0.2, 0.25) is 0 Å². The van der Waals surface area contributed by atoms with Crippen molar-refractivity contribution in [3.05, 3.63) is 77.4 Å². The monoisotopic (exact) mass is 318 g/mol. The molecule has 2 N–H and O–H groups in total. The second kappa shape index (κ2) is 6.54. The molecule has 120 valence electrons. The number of fused-ring (bicyclic) bond motifs is 1. The molecule has 0 bridgehead atoms. The van der Waals surface area contributed by atoms with Crippen molar-refractivity contribution in [3.63, 3.8) is 0 Å². The van der Waals surface area contributed by atoms with Gasteiger partial charge in [0.25, 0.3) is 5.91 Å². The minimum Gasteiger partial charge on any atom is -0.494 e. The Hall–Kier alpha value is -3.14. The van der Waals surface area contributed by atoms with Crippen LogP contribution < -0.4 is 0 Å². The van der Waals surface area contributed by atoms with Crippen molar-refractivity contribution in [1.82, 2.24) is 4.98 Å². The number of aliphatic imine (C=N–C) groups is 1. The number of rotatable bonds is 2. The van der Waals surface area contributed by atoms with Crippen molar-refractivity contribution in [3.8, 4) is 17.1 Å². The lowest BCUT2D eigenvalue weighted by Crippen LogP contribution is -1.99. The van der Waals surface area contributed by atoms with Crippen LogP contribution in [0.5, 0.6) is 5.88 Å². The molecule has 1 amide bonds. The van der Waals surface area contributed by atoms with E-state index < -0.39 is 0 Å². The van der Waals surface area contributed by atoms with E-state index in [0.717, 1.165) is 11.1 Å². The Morgan fingerprint density at radius 3 is 1.96 bits per heavy atom. The number of aromatic hydroxyl groups is 1. The summed E-state index contributed by atoms with van der Waals surface area (Å²) in [6.07, 6.45) is 0. The van der Waals surface area contributed by atoms with Crippen molar-refractivity contribution < 1.29 is 9.90 Å². The van der Waals surface area contributed by atoms with Gasteiger partial charge in [0.15, 0.2) is 5.88 Å². The predicted octanol–water partition coefficient (Wildman–Crippen LogP) is 4.40.